The molecule has 0 N–H and O–H groups in total. The summed E-state index contributed by atoms with van der Waals surface area (Å²) < 4.78 is 5.40. The first-order valence-corrected chi connectivity index (χ1v) is 7.29. The summed E-state index contributed by atoms with van der Waals surface area (Å²) in [6.07, 6.45) is 3.35. The van der Waals surface area contributed by atoms with Crippen molar-refractivity contribution in [3.05, 3.63) is 35.7 Å². The molecule has 3 rings (SSSR count). The van der Waals surface area contributed by atoms with Crippen molar-refractivity contribution in [1.82, 2.24) is 15.0 Å². The van der Waals surface area contributed by atoms with Crippen LogP contribution in [0.4, 0.5) is 0 Å². The van der Waals surface area contributed by atoms with Gasteiger partial charge in [0.2, 0.25) is 11.7 Å². The van der Waals surface area contributed by atoms with Gasteiger partial charge in [0.05, 0.1) is 0 Å². The summed E-state index contributed by atoms with van der Waals surface area (Å²) in [6.45, 7) is 4.42. The third-order valence-corrected chi connectivity index (χ3v) is 4.08. The van der Waals surface area contributed by atoms with Gasteiger partial charge in [0, 0.05) is 12.0 Å². The molecule has 4 nitrogen and oxygen atoms in total. The zero-order valence-electron chi connectivity index (χ0n) is 12.2. The lowest BCUT2D eigenvalue weighted by Crippen LogP contribution is -2.30. The van der Waals surface area contributed by atoms with Crippen molar-refractivity contribution in [1.29, 1.82) is 0 Å². The molecule has 106 valence electrons. The van der Waals surface area contributed by atoms with Crippen LogP contribution in [0.5, 0.6) is 0 Å². The summed E-state index contributed by atoms with van der Waals surface area (Å²) >= 11 is 0. The summed E-state index contributed by atoms with van der Waals surface area (Å²) in [6, 6.07) is 8.23. The number of rotatable bonds is 3. The molecule has 0 bridgehead atoms. The second kappa shape index (κ2) is 5.75. The number of aryl methyl sites for hydroxylation is 1. The lowest BCUT2D eigenvalue weighted by atomic mass is 9.94. The van der Waals surface area contributed by atoms with Gasteiger partial charge < -0.3 is 9.42 Å². The Morgan fingerprint density at radius 2 is 1.90 bits per heavy atom. The Bertz CT molecular complexity index is 553. The van der Waals surface area contributed by atoms with Gasteiger partial charge in [-0.25, -0.2) is 0 Å². The second-order valence-electron chi connectivity index (χ2n) is 5.83. The minimum absolute atomic E-state index is 0.678. The van der Waals surface area contributed by atoms with E-state index in [-0.39, 0.29) is 0 Å². The van der Waals surface area contributed by atoms with Gasteiger partial charge >= 0.3 is 0 Å². The fourth-order valence-corrected chi connectivity index (χ4v) is 2.67. The Morgan fingerprint density at radius 3 is 2.60 bits per heavy atom. The molecule has 1 aliphatic heterocycles. The molecule has 0 amide bonds. The molecule has 0 radical (unpaired) electrons. The van der Waals surface area contributed by atoms with Crippen molar-refractivity contribution in [2.24, 2.45) is 5.92 Å². The highest BCUT2D eigenvalue weighted by atomic mass is 16.5. The van der Waals surface area contributed by atoms with Gasteiger partial charge in [-0.05, 0) is 45.8 Å². The lowest BCUT2D eigenvalue weighted by Gasteiger charge is -2.27. The van der Waals surface area contributed by atoms with E-state index in [9.17, 15) is 0 Å². The smallest absolute Gasteiger partial charge is 0.227 e. The lowest BCUT2D eigenvalue weighted by molar-refractivity contribution is 0.208. The van der Waals surface area contributed by atoms with Crippen molar-refractivity contribution in [2.45, 2.75) is 26.2 Å². The Hall–Kier alpha value is -1.68. The molecule has 1 aliphatic rings. The number of piperidine rings is 1. The molecule has 4 heteroatoms. The van der Waals surface area contributed by atoms with E-state index in [1.165, 1.54) is 31.5 Å². The average Bonchev–Trinajstić information content (AvgIpc) is 2.91. The van der Waals surface area contributed by atoms with Crippen LogP contribution in [-0.2, 0) is 6.42 Å². The average molecular weight is 271 g/mol. The summed E-state index contributed by atoms with van der Waals surface area (Å²) in [4.78, 5) is 6.91. The predicted molar refractivity (Wildman–Crippen MR) is 78.4 cm³/mol. The number of likely N-dealkylation sites (tertiary alicyclic amines) is 1. The van der Waals surface area contributed by atoms with Crippen LogP contribution in [0, 0.1) is 12.8 Å². The van der Waals surface area contributed by atoms with Crippen LogP contribution in [0.3, 0.4) is 0 Å². The molecular weight excluding hydrogens is 250 g/mol. The molecule has 2 aromatic rings. The number of aromatic nitrogens is 2. The highest BCUT2D eigenvalue weighted by Crippen LogP contribution is 2.22. The van der Waals surface area contributed by atoms with Crippen molar-refractivity contribution in [2.75, 3.05) is 20.1 Å². The van der Waals surface area contributed by atoms with E-state index in [1.54, 1.807) is 0 Å². The van der Waals surface area contributed by atoms with Gasteiger partial charge in [0.25, 0.3) is 0 Å². The third-order valence-electron chi connectivity index (χ3n) is 4.08. The van der Waals surface area contributed by atoms with E-state index in [2.05, 4.69) is 41.1 Å². The molecular formula is C16H21N3O. The van der Waals surface area contributed by atoms with Gasteiger partial charge in [-0.2, -0.15) is 4.98 Å². The predicted octanol–water partition coefficient (Wildman–Crippen LogP) is 2.93. The van der Waals surface area contributed by atoms with Gasteiger partial charge in [0.15, 0.2) is 0 Å². The van der Waals surface area contributed by atoms with Gasteiger partial charge in [-0.15, -0.1) is 0 Å². The third kappa shape index (κ3) is 3.07. The van der Waals surface area contributed by atoms with Gasteiger partial charge in [-0.3, -0.25) is 0 Å². The van der Waals surface area contributed by atoms with Crippen LogP contribution in [-0.4, -0.2) is 35.2 Å². The van der Waals surface area contributed by atoms with E-state index in [1.807, 2.05) is 12.1 Å². The number of hydrogen-bond donors (Lipinski definition) is 0. The minimum Gasteiger partial charge on any atom is -0.339 e. The van der Waals surface area contributed by atoms with Crippen LogP contribution in [0.25, 0.3) is 11.4 Å². The van der Waals surface area contributed by atoms with E-state index in [0.29, 0.717) is 11.7 Å². The maximum Gasteiger partial charge on any atom is 0.227 e. The highest BCUT2D eigenvalue weighted by molar-refractivity contribution is 5.54. The van der Waals surface area contributed by atoms with Crippen LogP contribution >= 0.6 is 0 Å². The quantitative estimate of drug-likeness (QED) is 0.860. The zero-order valence-corrected chi connectivity index (χ0v) is 12.2. The maximum absolute atomic E-state index is 5.40. The Balaban J connectivity index is 1.66. The summed E-state index contributed by atoms with van der Waals surface area (Å²) in [7, 11) is 2.18. The Labute approximate surface area is 119 Å². The van der Waals surface area contributed by atoms with Crippen molar-refractivity contribution in [3.63, 3.8) is 0 Å². The van der Waals surface area contributed by atoms with E-state index in [0.717, 1.165) is 17.9 Å². The summed E-state index contributed by atoms with van der Waals surface area (Å²) in [5, 5.41) is 4.10. The van der Waals surface area contributed by atoms with Crippen molar-refractivity contribution >= 4 is 0 Å². The van der Waals surface area contributed by atoms with Crippen LogP contribution in [0.15, 0.2) is 28.8 Å². The molecule has 1 saturated heterocycles. The normalized spacial score (nSPS) is 17.5. The number of hydrogen-bond acceptors (Lipinski definition) is 4. The number of nitrogens with zero attached hydrogens (tertiary/aromatic N) is 3. The van der Waals surface area contributed by atoms with Crippen LogP contribution in [0.1, 0.15) is 24.3 Å². The molecule has 0 unspecified atom stereocenters. The topological polar surface area (TPSA) is 42.2 Å². The van der Waals surface area contributed by atoms with Gasteiger partial charge in [-0.1, -0.05) is 35.0 Å². The van der Waals surface area contributed by atoms with Crippen LogP contribution in [0.2, 0.25) is 0 Å². The first-order chi connectivity index (χ1) is 9.70. The molecule has 1 aromatic heterocycles. The molecule has 20 heavy (non-hydrogen) atoms. The van der Waals surface area contributed by atoms with Crippen LogP contribution < -0.4 is 0 Å². The first kappa shape index (κ1) is 13.3. The molecule has 1 aromatic carbocycles. The molecule has 0 saturated carbocycles. The number of benzene rings is 1. The molecule has 0 atom stereocenters. The zero-order chi connectivity index (χ0) is 13.9. The van der Waals surface area contributed by atoms with Crippen molar-refractivity contribution < 1.29 is 4.52 Å². The minimum atomic E-state index is 0.678. The molecule has 2 heterocycles. The largest absolute Gasteiger partial charge is 0.339 e. The second-order valence-corrected chi connectivity index (χ2v) is 5.83. The highest BCUT2D eigenvalue weighted by Gasteiger charge is 2.20. The maximum atomic E-state index is 5.40. The SMILES string of the molecule is Cc1ccc(-c2noc(CC3CCN(C)CC3)n2)cc1. The molecule has 1 fully saturated rings. The molecule has 0 aliphatic carbocycles. The monoisotopic (exact) mass is 271 g/mol. The summed E-state index contributed by atoms with van der Waals surface area (Å²) in [5.41, 5.74) is 2.26. The standard InChI is InChI=1S/C16H21N3O/c1-12-3-5-14(6-4-12)16-17-15(20-18-16)11-13-7-9-19(2)10-8-13/h3-6,13H,7-11H2,1-2H3. The van der Waals surface area contributed by atoms with E-state index in [4.69, 9.17) is 4.52 Å². The van der Waals surface area contributed by atoms with E-state index >= 15 is 0 Å². The Kier molecular flexibility index (Phi) is 3.83. The van der Waals surface area contributed by atoms with Crippen molar-refractivity contribution in [3.8, 4) is 11.4 Å². The van der Waals surface area contributed by atoms with E-state index < -0.39 is 0 Å². The Morgan fingerprint density at radius 1 is 1.20 bits per heavy atom. The van der Waals surface area contributed by atoms with Gasteiger partial charge in [0.1, 0.15) is 0 Å². The fourth-order valence-electron chi connectivity index (χ4n) is 2.67. The first-order valence-electron chi connectivity index (χ1n) is 7.29. The summed E-state index contributed by atoms with van der Waals surface area (Å²) in [5.74, 6) is 2.15. The fraction of sp³-hybridized carbons (Fsp3) is 0.500. The molecule has 0 spiro atoms.